The van der Waals surface area contributed by atoms with E-state index in [1.165, 1.54) is 11.1 Å². The number of rotatable bonds is 9. The highest BCUT2D eigenvalue weighted by molar-refractivity contribution is 5.63. The highest BCUT2D eigenvalue weighted by Gasteiger charge is 2.28. The van der Waals surface area contributed by atoms with Crippen molar-refractivity contribution >= 4 is 17.5 Å². The molecule has 5 rings (SSSR count). The number of pyridine rings is 1. The standard InChI is InChI=1S/C29H38N6O2/c1-20(2)37-26-17-34(18-26)16-24-5-4-23(14-21(24)3)27-8-11-30-29(33-27)32-25-6-7-28(31-15-25)35-12-9-22(19-36)10-13-35/h4-8,11,14-15,20,22,26,36H,9-10,12-13,16-19H2,1-3H3,(H,30,32,33). The summed E-state index contributed by atoms with van der Waals surface area (Å²) in [5.41, 5.74) is 5.42. The lowest BCUT2D eigenvalue weighted by atomic mass is 9.98. The number of nitrogens with one attached hydrogen (secondary N) is 1. The number of aryl methyl sites for hydroxylation is 1. The molecule has 2 saturated heterocycles. The topological polar surface area (TPSA) is 86.6 Å². The number of benzene rings is 1. The van der Waals surface area contributed by atoms with Gasteiger partial charge in [0.1, 0.15) is 5.82 Å². The van der Waals surface area contributed by atoms with Crippen molar-refractivity contribution < 1.29 is 9.84 Å². The van der Waals surface area contributed by atoms with Crippen molar-refractivity contribution in [1.29, 1.82) is 0 Å². The third kappa shape index (κ3) is 6.44. The van der Waals surface area contributed by atoms with E-state index in [1.54, 1.807) is 6.20 Å². The van der Waals surface area contributed by atoms with Crippen LogP contribution in [0.1, 0.15) is 37.8 Å². The third-order valence-corrected chi connectivity index (χ3v) is 7.28. The minimum Gasteiger partial charge on any atom is -0.396 e. The number of ether oxygens (including phenoxy) is 1. The Hall–Kier alpha value is -3.07. The summed E-state index contributed by atoms with van der Waals surface area (Å²) in [5.74, 6) is 1.93. The maximum atomic E-state index is 9.36. The smallest absolute Gasteiger partial charge is 0.227 e. The molecule has 0 saturated carbocycles. The monoisotopic (exact) mass is 502 g/mol. The number of hydrogen-bond donors (Lipinski definition) is 2. The summed E-state index contributed by atoms with van der Waals surface area (Å²) in [6.07, 6.45) is 6.28. The van der Waals surface area contributed by atoms with E-state index in [1.807, 2.05) is 24.4 Å². The maximum absolute atomic E-state index is 9.36. The molecule has 0 radical (unpaired) electrons. The Morgan fingerprint density at radius 2 is 1.89 bits per heavy atom. The second kappa shape index (κ2) is 11.5. The number of aromatic nitrogens is 3. The van der Waals surface area contributed by atoms with Gasteiger partial charge in [0.15, 0.2) is 0 Å². The second-order valence-electron chi connectivity index (χ2n) is 10.6. The number of anilines is 3. The van der Waals surface area contributed by atoms with Crippen LogP contribution in [0.2, 0.25) is 0 Å². The van der Waals surface area contributed by atoms with Gasteiger partial charge in [-0.25, -0.2) is 15.0 Å². The van der Waals surface area contributed by atoms with E-state index in [0.717, 1.165) is 68.3 Å². The molecule has 2 aliphatic heterocycles. The molecule has 4 heterocycles. The highest BCUT2D eigenvalue weighted by Crippen LogP contribution is 2.26. The number of aliphatic hydroxyl groups excluding tert-OH is 1. The predicted octanol–water partition coefficient (Wildman–Crippen LogP) is 4.41. The largest absolute Gasteiger partial charge is 0.396 e. The SMILES string of the molecule is Cc1cc(-c2ccnc(Nc3ccc(N4CCC(CO)CC4)nc3)n2)ccc1CN1CC(OC(C)C)C1. The molecule has 196 valence electrons. The van der Waals surface area contributed by atoms with Gasteiger partial charge in [-0.05, 0) is 74.9 Å². The van der Waals surface area contributed by atoms with Crippen LogP contribution >= 0.6 is 0 Å². The first kappa shape index (κ1) is 25.6. The van der Waals surface area contributed by atoms with Crippen molar-refractivity contribution in [2.24, 2.45) is 5.92 Å². The first-order chi connectivity index (χ1) is 18.0. The molecule has 0 amide bonds. The fraction of sp³-hybridized carbons (Fsp3) is 0.483. The molecule has 2 aliphatic rings. The predicted molar refractivity (Wildman–Crippen MR) is 147 cm³/mol. The summed E-state index contributed by atoms with van der Waals surface area (Å²) >= 11 is 0. The summed E-state index contributed by atoms with van der Waals surface area (Å²) in [5, 5.41) is 12.6. The molecule has 37 heavy (non-hydrogen) atoms. The van der Waals surface area contributed by atoms with Gasteiger partial charge < -0.3 is 20.1 Å². The minimum absolute atomic E-state index is 0.278. The Bertz CT molecular complexity index is 1170. The lowest BCUT2D eigenvalue weighted by Crippen LogP contribution is -2.52. The number of piperidine rings is 1. The summed E-state index contributed by atoms with van der Waals surface area (Å²) < 4.78 is 5.88. The molecule has 0 aliphatic carbocycles. The number of hydrogen-bond acceptors (Lipinski definition) is 8. The van der Waals surface area contributed by atoms with Crippen LogP contribution in [0.15, 0.2) is 48.8 Å². The van der Waals surface area contributed by atoms with Crippen molar-refractivity contribution in [3.05, 3.63) is 59.9 Å². The van der Waals surface area contributed by atoms with Crippen LogP contribution in [0.4, 0.5) is 17.5 Å². The van der Waals surface area contributed by atoms with Gasteiger partial charge in [-0.2, -0.15) is 0 Å². The van der Waals surface area contributed by atoms with Gasteiger partial charge in [0.25, 0.3) is 0 Å². The van der Waals surface area contributed by atoms with Gasteiger partial charge in [-0.1, -0.05) is 12.1 Å². The number of likely N-dealkylation sites (tertiary alicyclic amines) is 1. The average Bonchev–Trinajstić information content (AvgIpc) is 2.89. The zero-order chi connectivity index (χ0) is 25.8. The van der Waals surface area contributed by atoms with Crippen molar-refractivity contribution in [3.63, 3.8) is 0 Å². The van der Waals surface area contributed by atoms with Crippen molar-refractivity contribution in [2.45, 2.75) is 52.4 Å². The Morgan fingerprint density at radius 3 is 2.57 bits per heavy atom. The Labute approximate surface area is 219 Å². The fourth-order valence-electron chi connectivity index (χ4n) is 5.10. The Kier molecular flexibility index (Phi) is 7.98. The van der Waals surface area contributed by atoms with Crippen LogP contribution in [0, 0.1) is 12.8 Å². The molecule has 2 fully saturated rings. The first-order valence-corrected chi connectivity index (χ1v) is 13.4. The molecule has 8 heteroatoms. The fourth-order valence-corrected chi connectivity index (χ4v) is 5.10. The lowest BCUT2D eigenvalue weighted by Gasteiger charge is -2.40. The van der Waals surface area contributed by atoms with E-state index in [0.29, 0.717) is 18.0 Å². The Morgan fingerprint density at radius 1 is 1.08 bits per heavy atom. The zero-order valence-corrected chi connectivity index (χ0v) is 22.1. The molecule has 0 unspecified atom stereocenters. The van der Waals surface area contributed by atoms with Crippen LogP contribution in [0.5, 0.6) is 0 Å². The first-order valence-electron chi connectivity index (χ1n) is 13.4. The number of nitrogens with zero attached hydrogens (tertiary/aromatic N) is 5. The van der Waals surface area contributed by atoms with Gasteiger partial charge >= 0.3 is 0 Å². The van der Waals surface area contributed by atoms with Gasteiger partial charge in [0.05, 0.1) is 29.8 Å². The molecule has 3 aromatic rings. The van der Waals surface area contributed by atoms with E-state index in [9.17, 15) is 5.11 Å². The maximum Gasteiger partial charge on any atom is 0.227 e. The van der Waals surface area contributed by atoms with Crippen LogP contribution in [-0.2, 0) is 11.3 Å². The summed E-state index contributed by atoms with van der Waals surface area (Å²) in [6, 6.07) is 12.6. The summed E-state index contributed by atoms with van der Waals surface area (Å²) in [7, 11) is 0. The third-order valence-electron chi connectivity index (χ3n) is 7.28. The highest BCUT2D eigenvalue weighted by atomic mass is 16.5. The van der Waals surface area contributed by atoms with E-state index in [2.05, 4.69) is 64.1 Å². The van der Waals surface area contributed by atoms with E-state index in [4.69, 9.17) is 9.72 Å². The van der Waals surface area contributed by atoms with E-state index in [-0.39, 0.29) is 12.7 Å². The summed E-state index contributed by atoms with van der Waals surface area (Å²) in [4.78, 5) is 18.5. The van der Waals surface area contributed by atoms with Crippen LogP contribution in [-0.4, -0.2) is 70.0 Å². The molecule has 0 atom stereocenters. The molecule has 0 bridgehead atoms. The van der Waals surface area contributed by atoms with Crippen LogP contribution in [0.25, 0.3) is 11.3 Å². The minimum atomic E-state index is 0.278. The normalized spacial score (nSPS) is 17.3. The van der Waals surface area contributed by atoms with E-state index < -0.39 is 0 Å². The van der Waals surface area contributed by atoms with Crippen LogP contribution < -0.4 is 10.2 Å². The van der Waals surface area contributed by atoms with Crippen molar-refractivity contribution in [1.82, 2.24) is 19.9 Å². The second-order valence-corrected chi connectivity index (χ2v) is 10.6. The molecular weight excluding hydrogens is 464 g/mol. The van der Waals surface area contributed by atoms with E-state index >= 15 is 0 Å². The van der Waals surface area contributed by atoms with Crippen molar-refractivity contribution in [3.8, 4) is 11.3 Å². The summed E-state index contributed by atoms with van der Waals surface area (Å²) in [6.45, 7) is 11.4. The quantitative estimate of drug-likeness (QED) is 0.445. The lowest BCUT2D eigenvalue weighted by molar-refractivity contribution is -0.0834. The zero-order valence-electron chi connectivity index (χ0n) is 22.1. The van der Waals surface area contributed by atoms with Gasteiger partial charge in [0.2, 0.25) is 5.95 Å². The molecule has 2 aromatic heterocycles. The van der Waals surface area contributed by atoms with Gasteiger partial charge in [0, 0.05) is 51.1 Å². The molecule has 0 spiro atoms. The van der Waals surface area contributed by atoms with Gasteiger partial charge in [-0.3, -0.25) is 4.90 Å². The van der Waals surface area contributed by atoms with Crippen molar-refractivity contribution in [2.75, 3.05) is 43.0 Å². The molecule has 8 nitrogen and oxygen atoms in total. The van der Waals surface area contributed by atoms with Gasteiger partial charge in [-0.15, -0.1) is 0 Å². The van der Waals surface area contributed by atoms with Crippen LogP contribution in [0.3, 0.4) is 0 Å². The average molecular weight is 503 g/mol. The Balaban J connectivity index is 1.19. The molecule has 1 aromatic carbocycles. The number of aliphatic hydroxyl groups is 1. The molecular formula is C29H38N6O2. The molecule has 2 N–H and O–H groups in total.